The highest BCUT2D eigenvalue weighted by molar-refractivity contribution is 5.79. The van der Waals surface area contributed by atoms with Crippen LogP contribution in [0.1, 0.15) is 22.3 Å². The number of allylic oxidation sites excluding steroid dienone is 1. The molecule has 0 aliphatic carbocycles. The van der Waals surface area contributed by atoms with E-state index >= 15 is 0 Å². The molecule has 6 nitrogen and oxygen atoms in total. The molecule has 0 bridgehead atoms. The van der Waals surface area contributed by atoms with Crippen molar-refractivity contribution in [1.82, 2.24) is 14.9 Å². The zero-order chi connectivity index (χ0) is 19.8. The van der Waals surface area contributed by atoms with Gasteiger partial charge in [-0.05, 0) is 23.6 Å². The highest BCUT2D eigenvalue weighted by Crippen LogP contribution is 2.15. The quantitative estimate of drug-likeness (QED) is 0.702. The number of amides is 1. The first-order valence-corrected chi connectivity index (χ1v) is 8.54. The summed E-state index contributed by atoms with van der Waals surface area (Å²) in [6, 6.07) is 5.73. The summed E-state index contributed by atoms with van der Waals surface area (Å²) < 4.78 is 1.40. The fraction of sp³-hybridized carbons (Fsp3) is 0.190. The summed E-state index contributed by atoms with van der Waals surface area (Å²) >= 11 is 0. The van der Waals surface area contributed by atoms with Crippen LogP contribution in [0.3, 0.4) is 0 Å². The van der Waals surface area contributed by atoms with Gasteiger partial charge in [0.1, 0.15) is 0 Å². The normalized spacial score (nSPS) is 10.7. The molecule has 0 radical (unpaired) electrons. The number of aromatic amines is 1. The van der Waals surface area contributed by atoms with E-state index in [1.54, 1.807) is 31.2 Å². The standard InChI is InChI=1S/C21H23N3O3/c1-4-17-9-8-16(12-18(17)5-2)13-19(25)22-10-6-7-11-24-14-15(3)20(26)23-21(24)27/h4-9,12,14H,1-2,10-11,13H2,3H3,(H,22,25)(H,23,26,27)/b7-6-. The maximum absolute atomic E-state index is 12.1. The van der Waals surface area contributed by atoms with Crippen molar-refractivity contribution in [1.29, 1.82) is 0 Å². The lowest BCUT2D eigenvalue weighted by atomic mass is 10.0. The fourth-order valence-electron chi connectivity index (χ4n) is 2.54. The first-order chi connectivity index (χ1) is 12.9. The monoisotopic (exact) mass is 365 g/mol. The van der Waals surface area contributed by atoms with Crippen molar-refractivity contribution in [3.63, 3.8) is 0 Å². The minimum Gasteiger partial charge on any atom is -0.352 e. The number of H-pyrrole nitrogens is 1. The Labute approximate surface area is 157 Å². The summed E-state index contributed by atoms with van der Waals surface area (Å²) in [5.41, 5.74) is 2.44. The molecular weight excluding hydrogens is 342 g/mol. The van der Waals surface area contributed by atoms with Crippen LogP contribution in [0.5, 0.6) is 0 Å². The molecule has 0 fully saturated rings. The first-order valence-electron chi connectivity index (χ1n) is 8.54. The molecule has 1 aromatic carbocycles. The van der Waals surface area contributed by atoms with Gasteiger partial charge in [0.2, 0.25) is 5.91 Å². The van der Waals surface area contributed by atoms with Crippen LogP contribution in [0.2, 0.25) is 0 Å². The second-order valence-corrected chi connectivity index (χ2v) is 6.05. The Morgan fingerprint density at radius 2 is 1.93 bits per heavy atom. The van der Waals surface area contributed by atoms with Crippen molar-refractivity contribution in [2.75, 3.05) is 6.54 Å². The molecule has 1 heterocycles. The van der Waals surface area contributed by atoms with Crippen molar-refractivity contribution in [2.24, 2.45) is 0 Å². The molecule has 0 aliphatic rings. The van der Waals surface area contributed by atoms with Crippen LogP contribution in [0.4, 0.5) is 0 Å². The van der Waals surface area contributed by atoms with Crippen LogP contribution in [-0.4, -0.2) is 22.0 Å². The predicted octanol–water partition coefficient (Wildman–Crippen LogP) is 2.05. The number of hydrogen-bond acceptors (Lipinski definition) is 3. The lowest BCUT2D eigenvalue weighted by Crippen LogP contribution is -2.30. The van der Waals surface area contributed by atoms with Gasteiger partial charge in [-0.15, -0.1) is 0 Å². The smallest absolute Gasteiger partial charge is 0.328 e. The third-order valence-corrected chi connectivity index (χ3v) is 4.03. The topological polar surface area (TPSA) is 84.0 Å². The molecule has 2 aromatic rings. The van der Waals surface area contributed by atoms with E-state index in [1.807, 2.05) is 18.2 Å². The lowest BCUT2D eigenvalue weighted by molar-refractivity contribution is -0.120. The summed E-state index contributed by atoms with van der Waals surface area (Å²) in [6.45, 7) is 9.83. The lowest BCUT2D eigenvalue weighted by Gasteiger charge is -2.06. The van der Waals surface area contributed by atoms with Gasteiger partial charge in [0.25, 0.3) is 5.56 Å². The minimum atomic E-state index is -0.458. The summed E-state index contributed by atoms with van der Waals surface area (Å²) in [4.78, 5) is 37.3. The molecule has 0 aliphatic heterocycles. The maximum atomic E-state index is 12.1. The second kappa shape index (κ2) is 9.33. The highest BCUT2D eigenvalue weighted by atomic mass is 16.2. The molecule has 1 amide bonds. The second-order valence-electron chi connectivity index (χ2n) is 6.05. The Bertz CT molecular complexity index is 996. The Morgan fingerprint density at radius 1 is 1.19 bits per heavy atom. The average molecular weight is 365 g/mol. The molecule has 2 rings (SSSR count). The Kier molecular flexibility index (Phi) is 6.88. The minimum absolute atomic E-state index is 0.0990. The van der Waals surface area contributed by atoms with Crippen LogP contribution in [0.25, 0.3) is 12.2 Å². The number of benzene rings is 1. The van der Waals surface area contributed by atoms with E-state index in [0.29, 0.717) is 18.7 Å². The van der Waals surface area contributed by atoms with Gasteiger partial charge in [-0.2, -0.15) is 0 Å². The number of aromatic nitrogens is 2. The Hall–Kier alpha value is -3.41. The maximum Gasteiger partial charge on any atom is 0.328 e. The van der Waals surface area contributed by atoms with Crippen molar-refractivity contribution >= 4 is 18.1 Å². The summed E-state index contributed by atoms with van der Waals surface area (Å²) in [5, 5.41) is 2.80. The van der Waals surface area contributed by atoms with E-state index in [0.717, 1.165) is 16.7 Å². The number of rotatable bonds is 8. The fourth-order valence-corrected chi connectivity index (χ4v) is 2.54. The molecule has 0 atom stereocenters. The van der Waals surface area contributed by atoms with Gasteiger partial charge in [-0.1, -0.05) is 55.7 Å². The van der Waals surface area contributed by atoms with Gasteiger partial charge in [0.15, 0.2) is 0 Å². The van der Waals surface area contributed by atoms with Gasteiger partial charge >= 0.3 is 5.69 Å². The van der Waals surface area contributed by atoms with Gasteiger partial charge in [-0.3, -0.25) is 19.1 Å². The molecule has 0 unspecified atom stereocenters. The summed E-state index contributed by atoms with van der Waals surface area (Å²) in [6.07, 6.45) is 8.79. The number of carbonyl (C=O) groups excluding carboxylic acids is 1. The highest BCUT2D eigenvalue weighted by Gasteiger charge is 2.04. The Morgan fingerprint density at radius 3 is 2.63 bits per heavy atom. The number of hydrogen-bond donors (Lipinski definition) is 2. The molecule has 6 heteroatoms. The van der Waals surface area contributed by atoms with Gasteiger partial charge in [0.05, 0.1) is 6.42 Å². The molecule has 2 N–H and O–H groups in total. The van der Waals surface area contributed by atoms with E-state index in [2.05, 4.69) is 23.5 Å². The SMILES string of the molecule is C=Cc1ccc(CC(=O)NC/C=C\Cn2cc(C)c(=O)[nH]c2=O)cc1C=C. The van der Waals surface area contributed by atoms with Gasteiger partial charge < -0.3 is 5.32 Å². The molecule has 27 heavy (non-hydrogen) atoms. The average Bonchev–Trinajstić information content (AvgIpc) is 2.65. The summed E-state index contributed by atoms with van der Waals surface area (Å²) in [7, 11) is 0. The van der Waals surface area contributed by atoms with Crippen LogP contribution in [0, 0.1) is 6.92 Å². The van der Waals surface area contributed by atoms with E-state index in [-0.39, 0.29) is 17.9 Å². The molecule has 1 aromatic heterocycles. The van der Waals surface area contributed by atoms with E-state index in [9.17, 15) is 14.4 Å². The van der Waals surface area contributed by atoms with Crippen molar-refractivity contribution in [3.05, 3.63) is 92.8 Å². The third-order valence-electron chi connectivity index (χ3n) is 4.03. The van der Waals surface area contributed by atoms with E-state index < -0.39 is 5.69 Å². The molecule has 0 saturated carbocycles. The molecular formula is C21H23N3O3. The molecule has 0 spiro atoms. The van der Waals surface area contributed by atoms with Gasteiger partial charge in [-0.25, -0.2) is 4.79 Å². The zero-order valence-corrected chi connectivity index (χ0v) is 15.3. The Balaban J connectivity index is 1.86. The van der Waals surface area contributed by atoms with Crippen molar-refractivity contribution in [3.8, 4) is 0 Å². The van der Waals surface area contributed by atoms with Crippen molar-refractivity contribution in [2.45, 2.75) is 19.9 Å². The van der Waals surface area contributed by atoms with Crippen molar-refractivity contribution < 1.29 is 4.79 Å². The van der Waals surface area contributed by atoms with E-state index in [4.69, 9.17) is 0 Å². The number of nitrogens with zero attached hydrogens (tertiary/aromatic N) is 1. The summed E-state index contributed by atoms with van der Waals surface area (Å²) in [5.74, 6) is -0.0990. The first kappa shape index (κ1) is 19.9. The zero-order valence-electron chi connectivity index (χ0n) is 15.3. The van der Waals surface area contributed by atoms with Gasteiger partial charge in [0, 0.05) is 24.8 Å². The molecule has 140 valence electrons. The van der Waals surface area contributed by atoms with Crippen LogP contribution >= 0.6 is 0 Å². The molecule has 0 saturated heterocycles. The van der Waals surface area contributed by atoms with Crippen LogP contribution < -0.4 is 16.6 Å². The predicted molar refractivity (Wildman–Crippen MR) is 109 cm³/mol. The number of carbonyl (C=O) groups is 1. The largest absolute Gasteiger partial charge is 0.352 e. The number of aryl methyl sites for hydroxylation is 1. The van der Waals surface area contributed by atoms with Crippen LogP contribution in [-0.2, 0) is 17.8 Å². The number of nitrogens with one attached hydrogen (secondary N) is 2. The van der Waals surface area contributed by atoms with E-state index in [1.165, 1.54) is 10.8 Å². The third kappa shape index (κ3) is 5.54. The van der Waals surface area contributed by atoms with Crippen LogP contribution in [0.15, 0.2) is 59.3 Å².